The van der Waals surface area contributed by atoms with Gasteiger partial charge in [0.05, 0.1) is 13.2 Å². The van der Waals surface area contributed by atoms with Crippen LogP contribution in [0.25, 0.3) is 0 Å². The van der Waals surface area contributed by atoms with Crippen LogP contribution in [0, 0.1) is 0 Å². The second-order valence-corrected chi connectivity index (χ2v) is 3.02. The Morgan fingerprint density at radius 1 is 1.40 bits per heavy atom. The summed E-state index contributed by atoms with van der Waals surface area (Å²) in [5.74, 6) is -0.969. The van der Waals surface area contributed by atoms with Crippen LogP contribution in [-0.2, 0) is 9.47 Å². The first kappa shape index (κ1) is 8.34. The summed E-state index contributed by atoms with van der Waals surface area (Å²) in [6.07, 6.45) is 1.48. The molecule has 1 rings (SSSR count). The van der Waals surface area contributed by atoms with Crippen molar-refractivity contribution in [1.29, 1.82) is 0 Å². The minimum Gasteiger partial charge on any atom is -0.342 e. The first-order valence-electron chi connectivity index (χ1n) is 2.91. The first-order chi connectivity index (χ1) is 4.71. The van der Waals surface area contributed by atoms with Crippen LogP contribution in [0.5, 0.6) is 0 Å². The fourth-order valence-electron chi connectivity index (χ4n) is 0.777. The second kappa shape index (κ2) is 3.09. The highest BCUT2D eigenvalue weighted by molar-refractivity contribution is 6.45. The molecule has 0 amide bonds. The van der Waals surface area contributed by atoms with E-state index >= 15 is 0 Å². The molecule has 1 saturated heterocycles. The minimum absolute atomic E-state index is 0.516. The Kier molecular flexibility index (Phi) is 2.58. The fourth-order valence-corrected chi connectivity index (χ4v) is 1.21. The zero-order valence-corrected chi connectivity index (χ0v) is 6.86. The van der Waals surface area contributed by atoms with Crippen LogP contribution in [0.3, 0.4) is 0 Å². The monoisotopic (exact) mass is 182 g/mol. The number of rotatable bonds is 2. The van der Waals surface area contributed by atoms with Crippen molar-refractivity contribution in [3.8, 4) is 0 Å². The Bertz CT molecular complexity index is 130. The van der Waals surface area contributed by atoms with Gasteiger partial charge in [0.15, 0.2) is 4.84 Å². The van der Waals surface area contributed by atoms with Crippen molar-refractivity contribution in [2.75, 3.05) is 13.2 Å². The van der Waals surface area contributed by atoms with E-state index in [0.29, 0.717) is 13.2 Å². The molecular weight excluding hydrogens is 175 g/mol. The van der Waals surface area contributed by atoms with Gasteiger partial charge in [-0.1, -0.05) is 29.8 Å². The number of hydrogen-bond acceptors (Lipinski definition) is 2. The molecule has 0 radical (unpaired) electrons. The average molecular weight is 183 g/mol. The van der Waals surface area contributed by atoms with Crippen LogP contribution in [-0.4, -0.2) is 23.8 Å². The maximum atomic E-state index is 5.59. The van der Waals surface area contributed by atoms with Crippen molar-refractivity contribution in [3.63, 3.8) is 0 Å². The molecule has 1 heterocycles. The Hall–Kier alpha value is 0.240. The molecular formula is C6H8Cl2O2. The first-order valence-corrected chi connectivity index (χ1v) is 3.78. The standard InChI is InChI=1S/C6H8Cl2O2/c1-2-6(5(7)8)9-3-4-10-6/h2,5H,1,3-4H2. The zero-order valence-electron chi connectivity index (χ0n) is 5.35. The predicted molar refractivity (Wildman–Crippen MR) is 40.3 cm³/mol. The Morgan fingerprint density at radius 3 is 2.10 bits per heavy atom. The number of ether oxygens (including phenoxy) is 2. The summed E-state index contributed by atoms with van der Waals surface area (Å²) >= 11 is 11.2. The van der Waals surface area contributed by atoms with Crippen molar-refractivity contribution in [2.45, 2.75) is 10.6 Å². The van der Waals surface area contributed by atoms with E-state index in [1.165, 1.54) is 6.08 Å². The summed E-state index contributed by atoms with van der Waals surface area (Å²) in [4.78, 5) is -0.715. The third-order valence-corrected chi connectivity index (χ3v) is 1.94. The lowest BCUT2D eigenvalue weighted by Gasteiger charge is -2.23. The molecule has 58 valence electrons. The molecule has 1 fully saturated rings. The number of halogens is 2. The Morgan fingerprint density at radius 2 is 1.90 bits per heavy atom. The predicted octanol–water partition coefficient (Wildman–Crippen LogP) is 1.72. The van der Waals surface area contributed by atoms with E-state index in [1.54, 1.807) is 0 Å². The molecule has 0 bridgehead atoms. The van der Waals surface area contributed by atoms with Crippen LogP contribution in [0.2, 0.25) is 0 Å². The van der Waals surface area contributed by atoms with Crippen molar-refractivity contribution >= 4 is 23.2 Å². The molecule has 0 atom stereocenters. The SMILES string of the molecule is C=CC1(C(Cl)Cl)OCCO1. The topological polar surface area (TPSA) is 18.5 Å². The third kappa shape index (κ3) is 1.30. The summed E-state index contributed by atoms with van der Waals surface area (Å²) in [6, 6.07) is 0. The average Bonchev–Trinajstić information content (AvgIpc) is 2.35. The highest BCUT2D eigenvalue weighted by Crippen LogP contribution is 2.30. The summed E-state index contributed by atoms with van der Waals surface area (Å²) in [7, 11) is 0. The molecule has 0 aromatic rings. The minimum atomic E-state index is -0.969. The highest BCUT2D eigenvalue weighted by Gasteiger charge is 2.39. The smallest absolute Gasteiger partial charge is 0.218 e. The summed E-state index contributed by atoms with van der Waals surface area (Å²) in [5, 5.41) is 0. The lowest BCUT2D eigenvalue weighted by molar-refractivity contribution is -0.104. The molecule has 0 spiro atoms. The van der Waals surface area contributed by atoms with Gasteiger partial charge < -0.3 is 9.47 Å². The van der Waals surface area contributed by atoms with Gasteiger partial charge in [-0.15, -0.1) is 0 Å². The van der Waals surface area contributed by atoms with Crippen LogP contribution >= 0.6 is 23.2 Å². The van der Waals surface area contributed by atoms with Gasteiger partial charge in [-0.3, -0.25) is 0 Å². The van der Waals surface area contributed by atoms with Crippen LogP contribution in [0.1, 0.15) is 0 Å². The quantitative estimate of drug-likeness (QED) is 0.479. The van der Waals surface area contributed by atoms with Gasteiger partial charge in [0.1, 0.15) is 0 Å². The van der Waals surface area contributed by atoms with Crippen molar-refractivity contribution in [3.05, 3.63) is 12.7 Å². The van der Waals surface area contributed by atoms with E-state index in [-0.39, 0.29) is 0 Å². The van der Waals surface area contributed by atoms with Crippen molar-refractivity contribution in [1.82, 2.24) is 0 Å². The number of hydrogen-bond donors (Lipinski definition) is 0. The van der Waals surface area contributed by atoms with Gasteiger partial charge in [0.25, 0.3) is 0 Å². The van der Waals surface area contributed by atoms with Gasteiger partial charge in [0, 0.05) is 0 Å². The maximum Gasteiger partial charge on any atom is 0.218 e. The van der Waals surface area contributed by atoms with E-state index in [9.17, 15) is 0 Å². The van der Waals surface area contributed by atoms with Gasteiger partial charge in [-0.05, 0) is 6.08 Å². The van der Waals surface area contributed by atoms with Crippen LogP contribution < -0.4 is 0 Å². The maximum absolute atomic E-state index is 5.59. The lowest BCUT2D eigenvalue weighted by atomic mass is 10.3. The Labute approximate surface area is 69.7 Å². The molecule has 0 aliphatic carbocycles. The third-order valence-electron chi connectivity index (χ3n) is 1.33. The van der Waals surface area contributed by atoms with E-state index < -0.39 is 10.6 Å². The summed E-state index contributed by atoms with van der Waals surface area (Å²) < 4.78 is 10.3. The fraction of sp³-hybridized carbons (Fsp3) is 0.667. The molecule has 4 heteroatoms. The van der Waals surface area contributed by atoms with Gasteiger partial charge in [-0.25, -0.2) is 0 Å². The summed E-state index contributed by atoms with van der Waals surface area (Å²) in [5.41, 5.74) is 0. The van der Waals surface area contributed by atoms with E-state index in [0.717, 1.165) is 0 Å². The normalized spacial score (nSPS) is 23.5. The molecule has 10 heavy (non-hydrogen) atoms. The molecule has 2 nitrogen and oxygen atoms in total. The van der Waals surface area contributed by atoms with E-state index in [4.69, 9.17) is 32.7 Å². The molecule has 0 aromatic heterocycles. The van der Waals surface area contributed by atoms with Gasteiger partial charge >= 0.3 is 0 Å². The summed E-state index contributed by atoms with van der Waals surface area (Å²) in [6.45, 7) is 4.55. The second-order valence-electron chi connectivity index (χ2n) is 1.92. The van der Waals surface area contributed by atoms with Gasteiger partial charge in [-0.2, -0.15) is 0 Å². The largest absolute Gasteiger partial charge is 0.342 e. The molecule has 0 unspecified atom stereocenters. The van der Waals surface area contributed by atoms with Crippen molar-refractivity contribution in [2.24, 2.45) is 0 Å². The number of alkyl halides is 2. The van der Waals surface area contributed by atoms with E-state index in [2.05, 4.69) is 6.58 Å². The molecule has 0 N–H and O–H groups in total. The Balaban J connectivity index is 2.67. The van der Waals surface area contributed by atoms with Crippen LogP contribution in [0.15, 0.2) is 12.7 Å². The molecule has 1 aliphatic heterocycles. The molecule has 1 aliphatic rings. The molecule has 0 aromatic carbocycles. The van der Waals surface area contributed by atoms with Crippen molar-refractivity contribution < 1.29 is 9.47 Å². The zero-order chi connectivity index (χ0) is 7.61. The highest BCUT2D eigenvalue weighted by atomic mass is 35.5. The van der Waals surface area contributed by atoms with E-state index in [1.807, 2.05) is 0 Å². The molecule has 0 saturated carbocycles. The lowest BCUT2D eigenvalue weighted by Crippen LogP contribution is -2.34. The van der Waals surface area contributed by atoms with Crippen LogP contribution in [0.4, 0.5) is 0 Å². The van der Waals surface area contributed by atoms with Gasteiger partial charge in [0.2, 0.25) is 5.79 Å².